The molecule has 0 aromatic carbocycles. The molecule has 23 heavy (non-hydrogen) atoms. The molecule has 0 aromatic heterocycles. The summed E-state index contributed by atoms with van der Waals surface area (Å²) >= 11 is 0. The molecule has 5 heteroatoms. The van der Waals surface area contributed by atoms with Crippen molar-refractivity contribution < 1.29 is 4.74 Å². The van der Waals surface area contributed by atoms with E-state index in [-0.39, 0.29) is 0 Å². The monoisotopic (exact) mass is 324 g/mol. The summed E-state index contributed by atoms with van der Waals surface area (Å²) in [5.41, 5.74) is 0. The van der Waals surface area contributed by atoms with Crippen molar-refractivity contribution >= 4 is 5.96 Å². The Kier molecular flexibility index (Phi) is 9.41. The summed E-state index contributed by atoms with van der Waals surface area (Å²) in [4.78, 5) is 6.84. The number of aliphatic imine (C=N–C) groups is 1. The Balaban J connectivity index is 1.42. The van der Waals surface area contributed by atoms with Gasteiger partial charge in [-0.3, -0.25) is 4.99 Å². The van der Waals surface area contributed by atoms with Crippen LogP contribution in [-0.4, -0.2) is 63.3 Å². The first-order valence-electron chi connectivity index (χ1n) is 9.67. The fourth-order valence-corrected chi connectivity index (χ4v) is 3.50. The van der Waals surface area contributed by atoms with E-state index < -0.39 is 0 Å². The number of nitrogens with one attached hydrogen (secondary N) is 2. The van der Waals surface area contributed by atoms with Gasteiger partial charge in [0.15, 0.2) is 5.96 Å². The predicted molar refractivity (Wildman–Crippen MR) is 97.1 cm³/mol. The lowest BCUT2D eigenvalue weighted by molar-refractivity contribution is 0.0277. The van der Waals surface area contributed by atoms with Gasteiger partial charge in [-0.2, -0.15) is 0 Å². The second-order valence-corrected chi connectivity index (χ2v) is 6.81. The standard InChI is InChI=1S/C18H36N4O/c1-19-18(20-11-7-15-22-13-5-6-14-22)21-12-8-16-23-17-9-3-2-4-10-17/h17H,2-16H2,1H3,(H2,19,20,21). The van der Waals surface area contributed by atoms with Crippen molar-refractivity contribution in [2.24, 2.45) is 4.99 Å². The maximum Gasteiger partial charge on any atom is 0.190 e. The van der Waals surface area contributed by atoms with Crippen molar-refractivity contribution in [3.63, 3.8) is 0 Å². The van der Waals surface area contributed by atoms with Crippen molar-refractivity contribution in [1.82, 2.24) is 15.5 Å². The van der Waals surface area contributed by atoms with E-state index >= 15 is 0 Å². The topological polar surface area (TPSA) is 48.9 Å². The highest BCUT2D eigenvalue weighted by atomic mass is 16.5. The van der Waals surface area contributed by atoms with Crippen LogP contribution in [0.5, 0.6) is 0 Å². The van der Waals surface area contributed by atoms with Gasteiger partial charge in [-0.05, 0) is 58.2 Å². The number of guanidine groups is 1. The van der Waals surface area contributed by atoms with Crippen molar-refractivity contribution in [2.45, 2.75) is 63.9 Å². The maximum atomic E-state index is 5.95. The second-order valence-electron chi connectivity index (χ2n) is 6.81. The average molecular weight is 325 g/mol. The zero-order valence-electron chi connectivity index (χ0n) is 15.0. The molecule has 0 spiro atoms. The maximum absolute atomic E-state index is 5.95. The SMILES string of the molecule is CN=C(NCCCOC1CCCCC1)NCCCN1CCCC1. The van der Waals surface area contributed by atoms with E-state index in [1.807, 2.05) is 7.05 Å². The summed E-state index contributed by atoms with van der Waals surface area (Å²) in [6.45, 7) is 6.57. The van der Waals surface area contributed by atoms with Crippen LogP contribution in [0, 0.1) is 0 Å². The number of hydrogen-bond donors (Lipinski definition) is 2. The van der Waals surface area contributed by atoms with E-state index in [4.69, 9.17) is 4.74 Å². The molecular weight excluding hydrogens is 288 g/mol. The molecule has 2 N–H and O–H groups in total. The molecule has 1 saturated heterocycles. The van der Waals surface area contributed by atoms with E-state index in [1.165, 1.54) is 71.0 Å². The Morgan fingerprint density at radius 3 is 2.39 bits per heavy atom. The highest BCUT2D eigenvalue weighted by Crippen LogP contribution is 2.20. The van der Waals surface area contributed by atoms with Gasteiger partial charge in [0.25, 0.3) is 0 Å². The minimum absolute atomic E-state index is 0.520. The molecule has 2 aliphatic rings. The Labute approximate surface area is 142 Å². The molecule has 0 aromatic rings. The molecule has 2 fully saturated rings. The lowest BCUT2D eigenvalue weighted by Crippen LogP contribution is -2.39. The number of rotatable bonds is 9. The van der Waals surface area contributed by atoms with Gasteiger partial charge in [-0.15, -0.1) is 0 Å². The van der Waals surface area contributed by atoms with Crippen LogP contribution in [0.25, 0.3) is 0 Å². The first-order chi connectivity index (χ1) is 11.4. The van der Waals surface area contributed by atoms with Crippen LogP contribution in [0.1, 0.15) is 57.8 Å². The van der Waals surface area contributed by atoms with Crippen LogP contribution < -0.4 is 10.6 Å². The highest BCUT2D eigenvalue weighted by Gasteiger charge is 2.13. The molecule has 1 aliphatic carbocycles. The Hall–Kier alpha value is -0.810. The summed E-state index contributed by atoms with van der Waals surface area (Å²) in [5.74, 6) is 0.920. The van der Waals surface area contributed by atoms with Gasteiger partial charge in [0.1, 0.15) is 0 Å². The van der Waals surface area contributed by atoms with Crippen LogP contribution in [0.15, 0.2) is 4.99 Å². The van der Waals surface area contributed by atoms with Crippen LogP contribution in [0.2, 0.25) is 0 Å². The number of hydrogen-bond acceptors (Lipinski definition) is 3. The van der Waals surface area contributed by atoms with E-state index in [0.717, 1.165) is 32.1 Å². The molecule has 1 aliphatic heterocycles. The van der Waals surface area contributed by atoms with Gasteiger partial charge in [-0.1, -0.05) is 19.3 Å². The number of likely N-dealkylation sites (tertiary alicyclic amines) is 1. The minimum atomic E-state index is 0.520. The van der Waals surface area contributed by atoms with Crippen molar-refractivity contribution in [3.8, 4) is 0 Å². The Morgan fingerprint density at radius 2 is 1.70 bits per heavy atom. The van der Waals surface area contributed by atoms with Gasteiger partial charge in [0.05, 0.1) is 6.10 Å². The van der Waals surface area contributed by atoms with Crippen molar-refractivity contribution in [3.05, 3.63) is 0 Å². The van der Waals surface area contributed by atoms with Gasteiger partial charge < -0.3 is 20.3 Å². The molecule has 0 amide bonds. The van der Waals surface area contributed by atoms with Gasteiger partial charge in [0, 0.05) is 26.7 Å². The molecule has 0 radical (unpaired) electrons. The Morgan fingerprint density at radius 1 is 1.00 bits per heavy atom. The average Bonchev–Trinajstić information content (AvgIpc) is 3.11. The van der Waals surface area contributed by atoms with Gasteiger partial charge in [-0.25, -0.2) is 0 Å². The third kappa shape index (κ3) is 8.02. The first-order valence-corrected chi connectivity index (χ1v) is 9.67. The summed E-state index contributed by atoms with van der Waals surface area (Å²) in [5, 5.41) is 6.79. The summed E-state index contributed by atoms with van der Waals surface area (Å²) in [7, 11) is 1.84. The fraction of sp³-hybridized carbons (Fsp3) is 0.944. The van der Waals surface area contributed by atoms with Crippen LogP contribution >= 0.6 is 0 Å². The van der Waals surface area contributed by atoms with E-state index in [2.05, 4.69) is 20.5 Å². The molecule has 0 bridgehead atoms. The van der Waals surface area contributed by atoms with Crippen LogP contribution in [-0.2, 0) is 4.74 Å². The third-order valence-electron chi connectivity index (χ3n) is 4.89. The lowest BCUT2D eigenvalue weighted by Gasteiger charge is -2.22. The summed E-state index contributed by atoms with van der Waals surface area (Å²) in [6, 6.07) is 0. The second kappa shape index (κ2) is 11.7. The predicted octanol–water partition coefficient (Wildman–Crippen LogP) is 2.38. The quantitative estimate of drug-likeness (QED) is 0.388. The molecule has 134 valence electrons. The molecule has 2 rings (SSSR count). The van der Waals surface area contributed by atoms with Crippen molar-refractivity contribution in [2.75, 3.05) is 46.4 Å². The minimum Gasteiger partial charge on any atom is -0.378 e. The van der Waals surface area contributed by atoms with Gasteiger partial charge in [0.2, 0.25) is 0 Å². The lowest BCUT2D eigenvalue weighted by atomic mass is 9.98. The molecule has 5 nitrogen and oxygen atoms in total. The zero-order chi connectivity index (χ0) is 16.2. The normalized spacial score (nSPS) is 20.8. The molecule has 0 atom stereocenters. The molecular formula is C18H36N4O. The summed E-state index contributed by atoms with van der Waals surface area (Å²) in [6.07, 6.45) is 12.1. The van der Waals surface area contributed by atoms with Crippen molar-refractivity contribution in [1.29, 1.82) is 0 Å². The van der Waals surface area contributed by atoms with Gasteiger partial charge >= 0.3 is 0 Å². The third-order valence-corrected chi connectivity index (χ3v) is 4.89. The van der Waals surface area contributed by atoms with E-state index in [0.29, 0.717) is 6.10 Å². The molecule has 0 unspecified atom stereocenters. The summed E-state index contributed by atoms with van der Waals surface area (Å²) < 4.78 is 5.95. The van der Waals surface area contributed by atoms with E-state index in [1.54, 1.807) is 0 Å². The fourth-order valence-electron chi connectivity index (χ4n) is 3.50. The number of nitrogens with zero attached hydrogens (tertiary/aromatic N) is 2. The van der Waals surface area contributed by atoms with Crippen LogP contribution in [0.4, 0.5) is 0 Å². The van der Waals surface area contributed by atoms with E-state index in [9.17, 15) is 0 Å². The first kappa shape index (κ1) is 18.5. The molecule has 1 heterocycles. The largest absolute Gasteiger partial charge is 0.378 e. The highest BCUT2D eigenvalue weighted by molar-refractivity contribution is 5.79. The zero-order valence-corrected chi connectivity index (χ0v) is 15.0. The smallest absolute Gasteiger partial charge is 0.190 e. The molecule has 1 saturated carbocycles. The van der Waals surface area contributed by atoms with Crippen LogP contribution in [0.3, 0.4) is 0 Å². The number of ether oxygens (including phenoxy) is 1. The Bertz CT molecular complexity index is 323.